The monoisotopic (exact) mass is 361 g/mol. The zero-order valence-electron chi connectivity index (χ0n) is 13.5. The number of carbonyl (C=O) groups excluding carboxylic acids is 1. The van der Waals surface area contributed by atoms with Gasteiger partial charge in [0.2, 0.25) is 5.95 Å². The molecule has 0 amide bonds. The molecule has 1 atom stereocenters. The van der Waals surface area contributed by atoms with Gasteiger partial charge in [-0.05, 0) is 0 Å². The first-order valence-corrected chi connectivity index (χ1v) is 7.83. The van der Waals surface area contributed by atoms with E-state index >= 15 is 0 Å². The highest BCUT2D eigenvalue weighted by molar-refractivity contribution is 5.76. The Morgan fingerprint density at radius 2 is 2.00 bits per heavy atom. The molecule has 0 aliphatic carbocycles. The van der Waals surface area contributed by atoms with Crippen molar-refractivity contribution in [1.29, 1.82) is 0 Å². The Morgan fingerprint density at radius 1 is 1.32 bits per heavy atom. The second-order valence-electron chi connectivity index (χ2n) is 6.04. The van der Waals surface area contributed by atoms with Crippen molar-refractivity contribution in [2.24, 2.45) is 0 Å². The van der Waals surface area contributed by atoms with Crippen molar-refractivity contribution in [3.05, 3.63) is 15.9 Å². The number of rotatable bonds is 2. The number of nitrogens with zero attached hydrogens (tertiary/aromatic N) is 3. The number of likely N-dealkylation sites (N-methyl/N-ethyl adjacent to an activating group) is 1. The average molecular weight is 361 g/mol. The number of H-pyrrole nitrogens is 1. The fourth-order valence-electron chi connectivity index (χ4n) is 2.98. The van der Waals surface area contributed by atoms with Gasteiger partial charge in [0.05, 0.1) is 12.1 Å². The summed E-state index contributed by atoms with van der Waals surface area (Å²) in [4.78, 5) is 34.0. The Kier molecular flexibility index (Phi) is 4.58. The van der Waals surface area contributed by atoms with Crippen molar-refractivity contribution in [2.75, 3.05) is 49.6 Å². The predicted molar refractivity (Wildman–Crippen MR) is 82.8 cm³/mol. The van der Waals surface area contributed by atoms with Crippen molar-refractivity contribution >= 4 is 17.7 Å². The molecule has 0 bridgehead atoms. The number of alkyl halides is 3. The van der Waals surface area contributed by atoms with Crippen molar-refractivity contribution in [3.8, 4) is 0 Å². The number of esters is 1. The molecular formula is C14H18F3N5O3. The van der Waals surface area contributed by atoms with E-state index in [-0.39, 0.29) is 18.5 Å². The summed E-state index contributed by atoms with van der Waals surface area (Å²) in [5.41, 5.74) is -0.217. The van der Waals surface area contributed by atoms with Crippen LogP contribution in [0.15, 0.2) is 4.79 Å². The molecule has 1 aromatic heterocycles. The van der Waals surface area contributed by atoms with E-state index in [1.807, 2.05) is 4.90 Å². The number of hydrogen-bond donors (Lipinski definition) is 2. The van der Waals surface area contributed by atoms with Gasteiger partial charge < -0.3 is 19.9 Å². The van der Waals surface area contributed by atoms with Crippen LogP contribution in [0.3, 0.4) is 0 Å². The minimum atomic E-state index is -5.06. The SMILES string of the molecule is CN1CC(OC(=O)C(F)(F)F)Cc2c1nc(N1CCNCC1)[nH]c2=O. The lowest BCUT2D eigenvalue weighted by Crippen LogP contribution is -2.47. The highest BCUT2D eigenvalue weighted by Crippen LogP contribution is 2.26. The van der Waals surface area contributed by atoms with Crippen LogP contribution < -0.4 is 20.7 Å². The lowest BCUT2D eigenvalue weighted by atomic mass is 10.0. The average Bonchev–Trinajstić information content (AvgIpc) is 2.55. The van der Waals surface area contributed by atoms with Crippen LogP contribution in [-0.2, 0) is 16.0 Å². The molecule has 2 aliphatic rings. The second-order valence-corrected chi connectivity index (χ2v) is 6.04. The number of aromatic nitrogens is 2. The fraction of sp³-hybridized carbons (Fsp3) is 0.643. The molecule has 3 rings (SSSR count). The van der Waals surface area contributed by atoms with Crippen LogP contribution >= 0.6 is 0 Å². The van der Waals surface area contributed by atoms with Gasteiger partial charge in [-0.2, -0.15) is 18.2 Å². The molecule has 0 radical (unpaired) electrons. The molecule has 1 fully saturated rings. The van der Waals surface area contributed by atoms with E-state index in [4.69, 9.17) is 0 Å². The lowest BCUT2D eigenvalue weighted by Gasteiger charge is -2.33. The van der Waals surface area contributed by atoms with Crippen LogP contribution in [0.4, 0.5) is 24.9 Å². The Balaban J connectivity index is 1.82. The number of hydrogen-bond acceptors (Lipinski definition) is 7. The third-order valence-corrected chi connectivity index (χ3v) is 4.17. The maximum Gasteiger partial charge on any atom is 0.490 e. The number of aromatic amines is 1. The molecule has 2 aliphatic heterocycles. The van der Waals surface area contributed by atoms with Gasteiger partial charge in [0.15, 0.2) is 0 Å². The number of piperazine rings is 1. The van der Waals surface area contributed by atoms with Crippen LogP contribution in [-0.4, -0.2) is 68.0 Å². The third-order valence-electron chi connectivity index (χ3n) is 4.17. The largest absolute Gasteiger partial charge is 0.490 e. The van der Waals surface area contributed by atoms with E-state index in [0.29, 0.717) is 24.9 Å². The van der Waals surface area contributed by atoms with Gasteiger partial charge >= 0.3 is 12.1 Å². The van der Waals surface area contributed by atoms with Gasteiger partial charge in [-0.1, -0.05) is 0 Å². The van der Waals surface area contributed by atoms with Crippen LogP contribution in [0.5, 0.6) is 0 Å². The molecule has 0 aromatic carbocycles. The van der Waals surface area contributed by atoms with Crippen LogP contribution in [0, 0.1) is 0 Å². The molecule has 2 N–H and O–H groups in total. The highest BCUT2D eigenvalue weighted by atomic mass is 19.4. The summed E-state index contributed by atoms with van der Waals surface area (Å²) in [6.07, 6.45) is -6.22. The molecule has 1 aromatic rings. The molecule has 0 saturated carbocycles. The van der Waals surface area contributed by atoms with Gasteiger partial charge in [-0.25, -0.2) is 4.79 Å². The Morgan fingerprint density at radius 3 is 2.64 bits per heavy atom. The maximum atomic E-state index is 12.4. The number of ether oxygens (including phenoxy) is 1. The zero-order chi connectivity index (χ0) is 18.2. The summed E-state index contributed by atoms with van der Waals surface area (Å²) < 4.78 is 41.5. The Labute approximate surface area is 141 Å². The normalized spacial score (nSPS) is 21.0. The minimum absolute atomic E-state index is 0.0340. The first kappa shape index (κ1) is 17.5. The number of carbonyl (C=O) groups is 1. The first-order chi connectivity index (χ1) is 11.8. The van der Waals surface area contributed by atoms with E-state index in [1.54, 1.807) is 7.05 Å². The van der Waals surface area contributed by atoms with E-state index in [1.165, 1.54) is 4.90 Å². The van der Waals surface area contributed by atoms with Crippen LogP contribution in [0.1, 0.15) is 5.56 Å². The molecule has 3 heterocycles. The number of nitrogens with one attached hydrogen (secondary N) is 2. The Hall–Kier alpha value is -2.30. The number of halogens is 3. The number of fused-ring (bicyclic) bond motifs is 1. The zero-order valence-corrected chi connectivity index (χ0v) is 13.5. The molecule has 138 valence electrons. The van der Waals surface area contributed by atoms with Crippen molar-refractivity contribution in [2.45, 2.75) is 18.7 Å². The molecular weight excluding hydrogens is 343 g/mol. The fourth-order valence-corrected chi connectivity index (χ4v) is 2.98. The Bertz CT molecular complexity index is 715. The highest BCUT2D eigenvalue weighted by Gasteiger charge is 2.43. The minimum Gasteiger partial charge on any atom is -0.453 e. The smallest absolute Gasteiger partial charge is 0.453 e. The molecule has 25 heavy (non-hydrogen) atoms. The predicted octanol–water partition coefficient (Wildman–Crippen LogP) is -0.354. The molecule has 1 unspecified atom stereocenters. The summed E-state index contributed by atoms with van der Waals surface area (Å²) in [6, 6.07) is 0. The summed E-state index contributed by atoms with van der Waals surface area (Å²) in [5.74, 6) is -1.42. The number of anilines is 2. The topological polar surface area (TPSA) is 90.6 Å². The van der Waals surface area contributed by atoms with E-state index in [0.717, 1.165) is 13.1 Å². The second kappa shape index (κ2) is 6.54. The lowest BCUT2D eigenvalue weighted by molar-refractivity contribution is -0.204. The maximum absolute atomic E-state index is 12.4. The molecule has 8 nitrogen and oxygen atoms in total. The van der Waals surface area contributed by atoms with E-state index < -0.39 is 23.8 Å². The van der Waals surface area contributed by atoms with Gasteiger partial charge in [0.1, 0.15) is 11.9 Å². The van der Waals surface area contributed by atoms with E-state index in [9.17, 15) is 22.8 Å². The van der Waals surface area contributed by atoms with Gasteiger partial charge in [0, 0.05) is 39.6 Å². The molecule has 0 spiro atoms. The van der Waals surface area contributed by atoms with Crippen LogP contribution in [0.25, 0.3) is 0 Å². The van der Waals surface area contributed by atoms with Gasteiger partial charge in [0.25, 0.3) is 5.56 Å². The van der Waals surface area contributed by atoms with Crippen LogP contribution in [0.2, 0.25) is 0 Å². The van der Waals surface area contributed by atoms with Crippen molar-refractivity contribution in [3.63, 3.8) is 0 Å². The van der Waals surface area contributed by atoms with Crippen molar-refractivity contribution < 1.29 is 22.7 Å². The third kappa shape index (κ3) is 3.70. The van der Waals surface area contributed by atoms with Crippen molar-refractivity contribution in [1.82, 2.24) is 15.3 Å². The quantitative estimate of drug-likeness (QED) is 0.696. The summed E-state index contributed by atoms with van der Waals surface area (Å²) in [6.45, 7) is 2.96. The standard InChI is InChI=1S/C14H18F3N5O3/c1-21-7-8(25-12(24)14(15,16)17)6-9-10(21)19-13(20-11(9)23)22-4-2-18-3-5-22/h8,18H,2-7H2,1H3,(H,19,20,23). The van der Waals surface area contributed by atoms with Gasteiger partial charge in [-0.3, -0.25) is 9.78 Å². The summed E-state index contributed by atoms with van der Waals surface area (Å²) in [7, 11) is 1.60. The molecule has 11 heteroatoms. The summed E-state index contributed by atoms with van der Waals surface area (Å²) >= 11 is 0. The van der Waals surface area contributed by atoms with E-state index in [2.05, 4.69) is 20.0 Å². The van der Waals surface area contributed by atoms with Gasteiger partial charge in [-0.15, -0.1) is 0 Å². The molecule has 1 saturated heterocycles. The first-order valence-electron chi connectivity index (χ1n) is 7.83. The summed E-state index contributed by atoms with van der Waals surface area (Å²) in [5, 5.41) is 3.19.